The number of alkyl halides is 6. The number of imidazole rings is 2. The highest BCUT2D eigenvalue weighted by molar-refractivity contribution is 6.30. The highest BCUT2D eigenvalue weighted by Gasteiger charge is 2.33. The van der Waals surface area contributed by atoms with E-state index in [0.717, 1.165) is 51.3 Å². The van der Waals surface area contributed by atoms with Crippen LogP contribution in [0.25, 0.3) is 0 Å². The highest BCUT2D eigenvalue weighted by atomic mass is 35.5. The molecule has 0 bridgehead atoms. The van der Waals surface area contributed by atoms with Gasteiger partial charge in [-0.3, -0.25) is 19.2 Å². The standard InChI is InChI=1S/C31H29ClF3N5O4.C31H29ClF3N5O3/c32-21-8-4-19(5-9-21)14-27(29(36)41)39-30(42)25-3-1-2-24-26(12-13-43-28(24)25)38-16-22-15-37-18-40(22)17-20-6-10-23(11-7-20)44-31(33,34)35;32-22-10-6-19(7-11-22)14-27(29(36)41)39-30(42)25-3-1-2-24-26(12-13-43-28(24)25)38-16-23-15-37-18-40(23)17-20-4-8-21(9-5-20)31(33,34)35/h1-11,15,18,26-27,38H,12-14,16-17H2,(H2,36,41)(H,39,42);1-11,15,18,26-27,38H,12-14,16-17H2,(H2,36,41)(H,39,42)/t2*26?,27-/m00/s1. The van der Waals surface area contributed by atoms with Gasteiger partial charge in [0, 0.05) is 97.5 Å². The molecule has 10 rings (SSSR count). The Balaban J connectivity index is 0.000000208. The second-order valence-electron chi connectivity index (χ2n) is 20.5. The van der Waals surface area contributed by atoms with Crippen molar-refractivity contribution in [2.75, 3.05) is 13.2 Å². The zero-order chi connectivity index (χ0) is 61.8. The first-order valence-corrected chi connectivity index (χ1v) is 28.1. The van der Waals surface area contributed by atoms with E-state index in [0.29, 0.717) is 90.5 Å². The fraction of sp³-hybridized carbons (Fsp3) is 0.258. The zero-order valence-electron chi connectivity index (χ0n) is 46.2. The molecule has 8 aromatic rings. The third-order valence-corrected chi connectivity index (χ3v) is 14.9. The number of fused-ring (bicyclic) bond motifs is 2. The van der Waals surface area contributed by atoms with Gasteiger partial charge < -0.3 is 56.1 Å². The SMILES string of the molecule is NC(=O)[C@H](Cc1ccc(Cl)cc1)NC(=O)c1cccc2c1OCCC2NCc1cncn1Cc1ccc(C(F)(F)F)cc1.NC(=O)[C@H](Cc1ccc(Cl)cc1)NC(=O)c1cccc2c1OCCC2NCc1cncn1Cc1ccc(OC(F)(F)F)cc1. The summed E-state index contributed by atoms with van der Waals surface area (Å²) in [6.45, 7) is 2.34. The smallest absolute Gasteiger partial charge is 0.492 e. The first-order valence-electron chi connectivity index (χ1n) is 27.3. The molecule has 17 nitrogen and oxygen atoms in total. The molecule has 0 fully saturated rings. The molecule has 0 saturated carbocycles. The number of rotatable bonds is 21. The minimum Gasteiger partial charge on any atom is -0.492 e. The summed E-state index contributed by atoms with van der Waals surface area (Å²) in [4.78, 5) is 59.4. The Morgan fingerprint density at radius 1 is 0.575 bits per heavy atom. The molecule has 0 saturated heterocycles. The van der Waals surface area contributed by atoms with Crippen LogP contribution in [0, 0.1) is 0 Å². The number of para-hydroxylation sites is 2. The number of nitrogens with two attached hydrogens (primary N) is 2. The van der Waals surface area contributed by atoms with Gasteiger partial charge in [-0.1, -0.05) is 96.0 Å². The van der Waals surface area contributed by atoms with Crippen LogP contribution in [0.2, 0.25) is 10.0 Å². The second-order valence-corrected chi connectivity index (χ2v) is 21.4. The summed E-state index contributed by atoms with van der Waals surface area (Å²) in [7, 11) is 0. The summed E-state index contributed by atoms with van der Waals surface area (Å²) in [5.41, 5.74) is 17.4. The van der Waals surface area contributed by atoms with Crippen molar-refractivity contribution in [1.82, 2.24) is 40.4 Å². The maximum atomic E-state index is 13.3. The van der Waals surface area contributed by atoms with E-state index < -0.39 is 53.8 Å². The van der Waals surface area contributed by atoms with E-state index >= 15 is 0 Å². The maximum absolute atomic E-state index is 13.3. The van der Waals surface area contributed by atoms with Crippen LogP contribution in [0.1, 0.15) is 96.0 Å². The summed E-state index contributed by atoms with van der Waals surface area (Å²) in [5.74, 6) is -1.72. The molecule has 2 unspecified atom stereocenters. The quantitative estimate of drug-likeness (QED) is 0.0371. The molecular formula is C62H58Cl2F6N10O7. The largest absolute Gasteiger partial charge is 0.573 e. The summed E-state index contributed by atoms with van der Waals surface area (Å²) >= 11 is 11.9. The lowest BCUT2D eigenvalue weighted by atomic mass is 9.96. The van der Waals surface area contributed by atoms with Crippen LogP contribution < -0.4 is 46.9 Å². The highest BCUT2D eigenvalue weighted by Crippen LogP contribution is 2.37. The molecule has 4 atom stereocenters. The molecule has 4 heterocycles. The van der Waals surface area contributed by atoms with Gasteiger partial charge in [0.1, 0.15) is 29.3 Å². The van der Waals surface area contributed by atoms with Gasteiger partial charge in [0.25, 0.3) is 11.8 Å². The fourth-order valence-electron chi connectivity index (χ4n) is 9.98. The number of nitrogens with one attached hydrogen (secondary N) is 4. The zero-order valence-corrected chi connectivity index (χ0v) is 47.7. The number of amides is 4. The number of hydrogen-bond acceptors (Lipinski definition) is 11. The summed E-state index contributed by atoms with van der Waals surface area (Å²) < 4.78 is 95.7. The molecule has 2 aliphatic heterocycles. The molecule has 2 aromatic heterocycles. The molecular weight excluding hydrogens is 1180 g/mol. The van der Waals surface area contributed by atoms with E-state index in [9.17, 15) is 45.5 Å². The van der Waals surface area contributed by atoms with Crippen molar-refractivity contribution in [3.63, 3.8) is 0 Å². The van der Waals surface area contributed by atoms with Crippen molar-refractivity contribution in [3.8, 4) is 17.2 Å². The second kappa shape index (κ2) is 28.1. The number of nitrogens with zero attached hydrogens (tertiary/aromatic N) is 4. The lowest BCUT2D eigenvalue weighted by molar-refractivity contribution is -0.274. The number of benzene rings is 6. The van der Waals surface area contributed by atoms with E-state index in [1.807, 2.05) is 21.3 Å². The minimum atomic E-state index is -4.75. The van der Waals surface area contributed by atoms with Crippen molar-refractivity contribution in [3.05, 3.63) is 230 Å². The van der Waals surface area contributed by atoms with Crippen LogP contribution in [0.15, 0.2) is 159 Å². The Labute approximate surface area is 505 Å². The van der Waals surface area contributed by atoms with Crippen molar-refractivity contribution in [1.29, 1.82) is 0 Å². The monoisotopic (exact) mass is 1240 g/mol. The number of halogens is 8. The molecule has 2 aliphatic rings. The van der Waals surface area contributed by atoms with Gasteiger partial charge in [0.2, 0.25) is 11.8 Å². The third kappa shape index (κ3) is 17.0. The molecule has 0 radical (unpaired) electrons. The fourth-order valence-corrected chi connectivity index (χ4v) is 10.2. The molecule has 0 aliphatic carbocycles. The van der Waals surface area contributed by atoms with Crippen LogP contribution in [-0.4, -0.2) is 74.4 Å². The number of aromatic nitrogens is 4. The average molecular weight is 1240 g/mol. The normalized spacial score (nSPS) is 15.2. The van der Waals surface area contributed by atoms with Crippen molar-refractivity contribution >= 4 is 46.8 Å². The summed E-state index contributed by atoms with van der Waals surface area (Å²) in [6.07, 6.45) is -0.735. The maximum Gasteiger partial charge on any atom is 0.573 e. The van der Waals surface area contributed by atoms with Gasteiger partial charge in [0.15, 0.2) is 0 Å². The molecule has 6 aromatic carbocycles. The van der Waals surface area contributed by atoms with Gasteiger partial charge in [-0.05, 0) is 82.9 Å². The third-order valence-electron chi connectivity index (χ3n) is 14.4. The molecule has 454 valence electrons. The molecule has 25 heteroatoms. The molecule has 0 spiro atoms. The van der Waals surface area contributed by atoms with Gasteiger partial charge >= 0.3 is 12.5 Å². The van der Waals surface area contributed by atoms with Gasteiger partial charge in [0.05, 0.1) is 53.9 Å². The number of carbonyl (C=O) groups is 4. The van der Waals surface area contributed by atoms with Gasteiger partial charge in [-0.15, -0.1) is 13.2 Å². The van der Waals surface area contributed by atoms with E-state index in [2.05, 4.69) is 36.0 Å². The first-order chi connectivity index (χ1) is 41.6. The van der Waals surface area contributed by atoms with Crippen molar-refractivity contribution in [2.45, 2.75) is 88.6 Å². The van der Waals surface area contributed by atoms with Gasteiger partial charge in [-0.2, -0.15) is 13.2 Å². The van der Waals surface area contributed by atoms with Crippen LogP contribution >= 0.6 is 23.2 Å². The van der Waals surface area contributed by atoms with Crippen LogP contribution in [0.5, 0.6) is 17.2 Å². The van der Waals surface area contributed by atoms with Gasteiger partial charge in [-0.25, -0.2) is 9.97 Å². The number of carbonyl (C=O) groups excluding carboxylic acids is 4. The van der Waals surface area contributed by atoms with E-state index in [4.69, 9.17) is 44.1 Å². The molecule has 8 N–H and O–H groups in total. The topological polar surface area (TPSA) is 232 Å². The minimum absolute atomic E-state index is 0.144. The predicted molar refractivity (Wildman–Crippen MR) is 311 cm³/mol. The number of ether oxygens (including phenoxy) is 3. The lowest BCUT2D eigenvalue weighted by Crippen LogP contribution is -2.46. The van der Waals surface area contributed by atoms with Crippen LogP contribution in [-0.2, 0) is 54.8 Å². The Hall–Kier alpha value is -8.90. The van der Waals surface area contributed by atoms with E-state index in [-0.39, 0.29) is 30.7 Å². The van der Waals surface area contributed by atoms with Crippen molar-refractivity contribution < 1.29 is 59.7 Å². The number of hydrogen-bond donors (Lipinski definition) is 6. The first kappa shape index (κ1) is 62.6. The van der Waals surface area contributed by atoms with E-state index in [1.54, 1.807) is 110 Å². The molecule has 87 heavy (non-hydrogen) atoms. The molecule has 4 amide bonds. The Bertz CT molecular complexity index is 3680. The van der Waals surface area contributed by atoms with Crippen molar-refractivity contribution in [2.24, 2.45) is 11.5 Å². The van der Waals surface area contributed by atoms with E-state index in [1.165, 1.54) is 24.3 Å². The van der Waals surface area contributed by atoms with Crippen LogP contribution in [0.4, 0.5) is 26.3 Å². The lowest BCUT2D eigenvalue weighted by Gasteiger charge is -2.28. The predicted octanol–water partition coefficient (Wildman–Crippen LogP) is 9.97. The number of primary amides is 2. The van der Waals surface area contributed by atoms with Crippen LogP contribution in [0.3, 0.4) is 0 Å². The Morgan fingerprint density at radius 2 is 0.977 bits per heavy atom. The Kier molecular flexibility index (Phi) is 20.2. The average Bonchev–Trinajstić information content (AvgIpc) is 2.43. The summed E-state index contributed by atoms with van der Waals surface area (Å²) in [5, 5.41) is 13.6. The Morgan fingerprint density at radius 3 is 1.37 bits per heavy atom. The summed E-state index contributed by atoms with van der Waals surface area (Å²) in [6, 6.07) is 33.0.